The first-order valence-corrected chi connectivity index (χ1v) is 4.98. The largest absolute Gasteiger partial charge is 0.368 e. The molecule has 102 valence electrons. The molecule has 0 saturated carbocycles. The summed E-state index contributed by atoms with van der Waals surface area (Å²) < 4.78 is 27.0. The normalized spacial score (nSPS) is 11.7. The highest BCUT2D eigenvalue weighted by Gasteiger charge is 2.27. The highest BCUT2D eigenvalue weighted by atomic mass is 19.1. The molecular formula is C10H9F2N3O4. The first kappa shape index (κ1) is 14.5. The molecule has 0 aromatic heterocycles. The third-order valence-electron chi connectivity index (χ3n) is 2.27. The third-order valence-corrected chi connectivity index (χ3v) is 2.27. The van der Waals surface area contributed by atoms with Crippen molar-refractivity contribution in [1.82, 2.24) is 5.32 Å². The number of carbonyl (C=O) groups is 2. The number of primary amides is 1. The van der Waals surface area contributed by atoms with Crippen LogP contribution in [0.1, 0.15) is 17.3 Å². The lowest BCUT2D eigenvalue weighted by molar-refractivity contribution is -0.387. The summed E-state index contributed by atoms with van der Waals surface area (Å²) in [5.74, 6) is -5.11. The molecule has 1 rings (SSSR count). The van der Waals surface area contributed by atoms with E-state index in [-0.39, 0.29) is 0 Å². The average molecular weight is 273 g/mol. The number of nitro benzene ring substituents is 1. The topological polar surface area (TPSA) is 115 Å². The van der Waals surface area contributed by atoms with Crippen LogP contribution in [0.5, 0.6) is 0 Å². The van der Waals surface area contributed by atoms with E-state index in [4.69, 9.17) is 5.73 Å². The number of nitrogens with two attached hydrogens (primary N) is 1. The summed E-state index contributed by atoms with van der Waals surface area (Å²) in [6, 6.07) is 0.00914. The molecule has 0 aliphatic carbocycles. The summed E-state index contributed by atoms with van der Waals surface area (Å²) in [6.45, 7) is 1.20. The highest BCUT2D eigenvalue weighted by Crippen LogP contribution is 2.22. The second kappa shape index (κ2) is 5.38. The smallest absolute Gasteiger partial charge is 0.305 e. The van der Waals surface area contributed by atoms with Gasteiger partial charge in [0.05, 0.1) is 4.92 Å². The van der Waals surface area contributed by atoms with E-state index in [1.54, 1.807) is 0 Å². The minimum Gasteiger partial charge on any atom is -0.368 e. The van der Waals surface area contributed by atoms with E-state index < -0.39 is 45.7 Å². The number of nitro groups is 1. The predicted molar refractivity (Wildman–Crippen MR) is 59.1 cm³/mol. The van der Waals surface area contributed by atoms with Gasteiger partial charge < -0.3 is 11.1 Å². The molecule has 1 aromatic carbocycles. The van der Waals surface area contributed by atoms with Gasteiger partial charge >= 0.3 is 5.69 Å². The minimum atomic E-state index is -1.61. The van der Waals surface area contributed by atoms with E-state index in [0.29, 0.717) is 12.1 Å². The van der Waals surface area contributed by atoms with E-state index >= 15 is 0 Å². The Hall–Kier alpha value is -2.58. The fraction of sp³-hybridized carbons (Fsp3) is 0.200. The van der Waals surface area contributed by atoms with Gasteiger partial charge in [0, 0.05) is 6.07 Å². The number of hydrogen-bond acceptors (Lipinski definition) is 4. The Labute approximate surface area is 105 Å². The van der Waals surface area contributed by atoms with Crippen LogP contribution in [0.25, 0.3) is 0 Å². The lowest BCUT2D eigenvalue weighted by Crippen LogP contribution is -2.42. The molecule has 1 unspecified atom stereocenters. The van der Waals surface area contributed by atoms with E-state index in [2.05, 4.69) is 0 Å². The standard InChI is InChI=1S/C10H9F2N3O4/c1-4(9(13)16)14-10(17)7-5(11)2-3-6(8(7)12)15(18)19/h2-4H,1H3,(H2,13,16)(H,14,17). The van der Waals surface area contributed by atoms with Crippen LogP contribution in [-0.4, -0.2) is 22.8 Å². The molecule has 0 aliphatic rings. The van der Waals surface area contributed by atoms with Gasteiger partial charge in [-0.2, -0.15) is 4.39 Å². The predicted octanol–water partition coefficient (Wildman–Crippen LogP) is 0.477. The zero-order valence-electron chi connectivity index (χ0n) is 9.65. The molecule has 0 saturated heterocycles. The van der Waals surface area contributed by atoms with Crippen LogP contribution in [-0.2, 0) is 4.79 Å². The maximum Gasteiger partial charge on any atom is 0.305 e. The second-order valence-electron chi connectivity index (χ2n) is 3.61. The molecule has 0 bridgehead atoms. The van der Waals surface area contributed by atoms with Crippen molar-refractivity contribution in [2.45, 2.75) is 13.0 Å². The summed E-state index contributed by atoms with van der Waals surface area (Å²) >= 11 is 0. The Morgan fingerprint density at radius 2 is 2.00 bits per heavy atom. The summed E-state index contributed by atoms with van der Waals surface area (Å²) in [7, 11) is 0. The average Bonchev–Trinajstić information content (AvgIpc) is 2.27. The van der Waals surface area contributed by atoms with Crippen molar-refractivity contribution in [2.24, 2.45) is 5.73 Å². The molecule has 9 heteroatoms. The van der Waals surface area contributed by atoms with Crippen LogP contribution in [0, 0.1) is 21.7 Å². The maximum absolute atomic E-state index is 13.6. The molecule has 7 nitrogen and oxygen atoms in total. The molecule has 2 amide bonds. The summed E-state index contributed by atoms with van der Waals surface area (Å²) in [5.41, 5.74) is 2.69. The number of nitrogens with one attached hydrogen (secondary N) is 1. The Kier molecular flexibility index (Phi) is 4.10. The lowest BCUT2D eigenvalue weighted by atomic mass is 10.1. The molecule has 3 N–H and O–H groups in total. The van der Waals surface area contributed by atoms with Gasteiger partial charge in [-0.05, 0) is 13.0 Å². The molecule has 0 radical (unpaired) electrons. The molecule has 1 atom stereocenters. The quantitative estimate of drug-likeness (QED) is 0.613. The van der Waals surface area contributed by atoms with Gasteiger partial charge in [0.15, 0.2) is 0 Å². The van der Waals surface area contributed by atoms with Crippen LogP contribution in [0.4, 0.5) is 14.5 Å². The van der Waals surface area contributed by atoms with Gasteiger partial charge in [0.2, 0.25) is 11.7 Å². The molecular weight excluding hydrogens is 264 g/mol. The van der Waals surface area contributed by atoms with Gasteiger partial charge in [-0.3, -0.25) is 19.7 Å². The molecule has 19 heavy (non-hydrogen) atoms. The number of halogens is 2. The van der Waals surface area contributed by atoms with Crippen molar-refractivity contribution in [3.8, 4) is 0 Å². The van der Waals surface area contributed by atoms with E-state index in [0.717, 1.165) is 0 Å². The van der Waals surface area contributed by atoms with E-state index in [9.17, 15) is 28.5 Å². The number of nitrogens with zero attached hydrogens (tertiary/aromatic N) is 1. The SMILES string of the molecule is CC(NC(=O)c1c(F)ccc([N+](=O)[O-])c1F)C(N)=O. The molecule has 0 spiro atoms. The van der Waals surface area contributed by atoms with Crippen molar-refractivity contribution >= 4 is 17.5 Å². The first-order valence-electron chi connectivity index (χ1n) is 4.98. The Balaban J connectivity index is 3.19. The summed E-state index contributed by atoms with van der Waals surface area (Å²) in [6.07, 6.45) is 0. The molecule has 0 heterocycles. The number of benzene rings is 1. The van der Waals surface area contributed by atoms with Crippen LogP contribution >= 0.6 is 0 Å². The fourth-order valence-corrected chi connectivity index (χ4v) is 1.23. The number of hydrogen-bond donors (Lipinski definition) is 2. The third kappa shape index (κ3) is 3.00. The van der Waals surface area contributed by atoms with E-state index in [1.165, 1.54) is 6.92 Å². The van der Waals surface area contributed by atoms with Crippen LogP contribution in [0.3, 0.4) is 0 Å². The fourth-order valence-electron chi connectivity index (χ4n) is 1.23. The van der Waals surface area contributed by atoms with Crippen molar-refractivity contribution in [3.63, 3.8) is 0 Å². The van der Waals surface area contributed by atoms with Gasteiger partial charge in [-0.25, -0.2) is 4.39 Å². The zero-order chi connectivity index (χ0) is 14.7. The van der Waals surface area contributed by atoms with Crippen LogP contribution in [0.2, 0.25) is 0 Å². The maximum atomic E-state index is 13.6. The van der Waals surface area contributed by atoms with Crippen molar-refractivity contribution in [2.75, 3.05) is 0 Å². The zero-order valence-corrected chi connectivity index (χ0v) is 9.65. The van der Waals surface area contributed by atoms with Gasteiger partial charge in [0.25, 0.3) is 5.91 Å². The van der Waals surface area contributed by atoms with Gasteiger partial charge in [-0.1, -0.05) is 0 Å². The second-order valence-corrected chi connectivity index (χ2v) is 3.61. The molecule has 0 aliphatic heterocycles. The number of carbonyl (C=O) groups excluding carboxylic acids is 2. The van der Waals surface area contributed by atoms with Crippen molar-refractivity contribution in [1.29, 1.82) is 0 Å². The van der Waals surface area contributed by atoms with Crippen molar-refractivity contribution < 1.29 is 23.3 Å². The summed E-state index contributed by atoms with van der Waals surface area (Å²) in [5, 5.41) is 12.4. The summed E-state index contributed by atoms with van der Waals surface area (Å²) in [4.78, 5) is 31.7. The van der Waals surface area contributed by atoms with Crippen LogP contribution in [0.15, 0.2) is 12.1 Å². The number of rotatable bonds is 4. The highest BCUT2D eigenvalue weighted by molar-refractivity contribution is 5.98. The van der Waals surface area contributed by atoms with Gasteiger partial charge in [-0.15, -0.1) is 0 Å². The Morgan fingerprint density at radius 1 is 1.42 bits per heavy atom. The van der Waals surface area contributed by atoms with Gasteiger partial charge in [0.1, 0.15) is 17.4 Å². The lowest BCUT2D eigenvalue weighted by Gasteiger charge is -2.11. The Bertz CT molecular complexity index is 562. The minimum absolute atomic E-state index is 0.588. The van der Waals surface area contributed by atoms with Crippen LogP contribution < -0.4 is 11.1 Å². The molecule has 0 fully saturated rings. The Morgan fingerprint density at radius 3 is 2.47 bits per heavy atom. The first-order chi connectivity index (χ1) is 8.75. The molecule has 1 aromatic rings. The number of amides is 2. The van der Waals surface area contributed by atoms with Crippen molar-refractivity contribution in [3.05, 3.63) is 39.4 Å². The monoisotopic (exact) mass is 273 g/mol. The van der Waals surface area contributed by atoms with E-state index in [1.807, 2.05) is 5.32 Å².